The second-order valence-corrected chi connectivity index (χ2v) is 3.73. The fourth-order valence-electron chi connectivity index (χ4n) is 1.01. The lowest BCUT2D eigenvalue weighted by Crippen LogP contribution is -2.43. The highest BCUT2D eigenvalue weighted by molar-refractivity contribution is 7.74. The van der Waals surface area contributed by atoms with Gasteiger partial charge in [-0.1, -0.05) is 0 Å². The van der Waals surface area contributed by atoms with Crippen LogP contribution in [0.15, 0.2) is 0 Å². The molecule has 0 aliphatic heterocycles. The molecule has 0 aliphatic rings. The molecule has 0 spiro atoms. The molecule has 10 heteroatoms. The molecule has 0 aromatic carbocycles. The fourth-order valence-corrected chi connectivity index (χ4v) is 1.22. The lowest BCUT2D eigenvalue weighted by molar-refractivity contribution is -0.171. The highest BCUT2D eigenvalue weighted by Crippen LogP contribution is 2.18. The van der Waals surface area contributed by atoms with E-state index in [-0.39, 0.29) is 6.61 Å². The van der Waals surface area contributed by atoms with Crippen LogP contribution in [0, 0.1) is 0 Å². The highest BCUT2D eigenvalue weighted by atomic mass is 32.2. The van der Waals surface area contributed by atoms with Gasteiger partial charge in [0.2, 0.25) is 0 Å². The number of aliphatic hydroxyl groups is 1. The van der Waals surface area contributed by atoms with E-state index in [0.29, 0.717) is 0 Å². The molecule has 18 heavy (non-hydrogen) atoms. The first kappa shape index (κ1) is 16.5. The predicted molar refractivity (Wildman–Crippen MR) is 53.5 cm³/mol. The summed E-state index contributed by atoms with van der Waals surface area (Å²) in [6, 6.07) is 0. The molecule has 2 atom stereocenters. The average molecular weight is 283 g/mol. The zero-order chi connectivity index (χ0) is 14.3. The molecule has 0 fully saturated rings. The van der Waals surface area contributed by atoms with Crippen LogP contribution in [0.4, 0.5) is 0 Å². The van der Waals surface area contributed by atoms with E-state index in [4.69, 9.17) is 5.11 Å². The molecule has 2 unspecified atom stereocenters. The zero-order valence-corrected chi connectivity index (χ0v) is 10.1. The monoisotopic (exact) mass is 283 g/mol. The third-order valence-corrected chi connectivity index (χ3v) is 2.06. The van der Waals surface area contributed by atoms with Crippen molar-refractivity contribution in [2.24, 2.45) is 0 Å². The van der Waals surface area contributed by atoms with Gasteiger partial charge in [-0.25, -0.2) is 9.00 Å². The predicted octanol–water partition coefficient (Wildman–Crippen LogP) is -1.52. The molecule has 2 N–H and O–H groups in total. The molecule has 0 heterocycles. The Morgan fingerprint density at radius 2 is 1.78 bits per heavy atom. The lowest BCUT2D eigenvalue weighted by atomic mass is 9.96. The van der Waals surface area contributed by atoms with E-state index < -0.39 is 47.7 Å². The SMILES string of the molecule is CCOC(=O)CC(O)(CC(=O)OS(=O)[O-])C(=O)O. The van der Waals surface area contributed by atoms with Crippen LogP contribution in [-0.4, -0.2) is 49.1 Å². The third-order valence-electron chi connectivity index (χ3n) is 1.74. The maximum Gasteiger partial charge on any atom is 0.336 e. The molecule has 0 rings (SSSR count). The number of hydrogen-bond donors (Lipinski definition) is 2. The van der Waals surface area contributed by atoms with Gasteiger partial charge in [0.1, 0.15) is 11.4 Å². The van der Waals surface area contributed by atoms with E-state index in [1.165, 1.54) is 6.92 Å². The summed E-state index contributed by atoms with van der Waals surface area (Å²) >= 11 is -3.18. The van der Waals surface area contributed by atoms with Crippen LogP contribution in [0.2, 0.25) is 0 Å². The van der Waals surface area contributed by atoms with Crippen molar-refractivity contribution in [2.45, 2.75) is 25.4 Å². The van der Waals surface area contributed by atoms with Gasteiger partial charge in [0.05, 0.1) is 19.4 Å². The van der Waals surface area contributed by atoms with Crippen molar-refractivity contribution in [3.63, 3.8) is 0 Å². The first-order valence-corrected chi connectivity index (χ1v) is 5.63. The number of carbonyl (C=O) groups excluding carboxylic acids is 2. The largest absolute Gasteiger partial charge is 0.740 e. The number of carboxylic acids is 1. The maximum atomic E-state index is 11.0. The van der Waals surface area contributed by atoms with E-state index in [0.717, 1.165) is 0 Å². The van der Waals surface area contributed by atoms with Crippen molar-refractivity contribution >= 4 is 29.3 Å². The van der Waals surface area contributed by atoms with Gasteiger partial charge >= 0.3 is 17.9 Å². The van der Waals surface area contributed by atoms with Crippen molar-refractivity contribution in [3.8, 4) is 0 Å². The lowest BCUT2D eigenvalue weighted by Gasteiger charge is -2.21. The highest BCUT2D eigenvalue weighted by Gasteiger charge is 2.42. The molecule has 0 aromatic heterocycles. The standard InChI is InChI=1S/C8H12O9S/c1-2-16-5(9)3-8(13,7(11)12)4-6(10)17-18(14)15/h13H,2-4H2,1H3,(H,11,12)(H,14,15)/p-1. The van der Waals surface area contributed by atoms with Gasteiger partial charge in [0, 0.05) is 0 Å². The van der Waals surface area contributed by atoms with E-state index in [9.17, 15) is 28.3 Å². The summed E-state index contributed by atoms with van der Waals surface area (Å²) in [4.78, 5) is 32.7. The molecule has 104 valence electrons. The summed E-state index contributed by atoms with van der Waals surface area (Å²) in [5.41, 5.74) is -2.78. The van der Waals surface area contributed by atoms with Gasteiger partial charge in [0.15, 0.2) is 5.60 Å². The molecular weight excluding hydrogens is 272 g/mol. The Bertz CT molecular complexity index is 366. The van der Waals surface area contributed by atoms with Crippen molar-refractivity contribution in [1.29, 1.82) is 0 Å². The fraction of sp³-hybridized carbons (Fsp3) is 0.625. The van der Waals surface area contributed by atoms with Crippen LogP contribution in [0.25, 0.3) is 0 Å². The minimum atomic E-state index is -3.18. The van der Waals surface area contributed by atoms with Crippen molar-refractivity contribution in [3.05, 3.63) is 0 Å². The van der Waals surface area contributed by atoms with Crippen molar-refractivity contribution < 1.29 is 42.3 Å². The van der Waals surface area contributed by atoms with E-state index in [1.807, 2.05) is 0 Å². The number of rotatable bonds is 7. The van der Waals surface area contributed by atoms with Gasteiger partial charge in [0.25, 0.3) is 0 Å². The van der Waals surface area contributed by atoms with Gasteiger partial charge in [-0.3, -0.25) is 9.59 Å². The normalized spacial score (nSPS) is 15.3. The van der Waals surface area contributed by atoms with E-state index in [1.54, 1.807) is 0 Å². The Morgan fingerprint density at radius 1 is 1.28 bits per heavy atom. The maximum absolute atomic E-state index is 11.0. The van der Waals surface area contributed by atoms with E-state index in [2.05, 4.69) is 8.92 Å². The van der Waals surface area contributed by atoms with E-state index >= 15 is 0 Å². The Hall–Kier alpha value is -1.52. The minimum Gasteiger partial charge on any atom is -0.740 e. The zero-order valence-electron chi connectivity index (χ0n) is 9.28. The second kappa shape index (κ2) is 7.03. The Balaban J connectivity index is 4.72. The Kier molecular flexibility index (Phi) is 6.44. The topological polar surface area (TPSA) is 150 Å². The van der Waals surface area contributed by atoms with Crippen LogP contribution in [0.1, 0.15) is 19.8 Å². The number of carboxylic acid groups (broad SMARTS) is 1. The number of ether oxygens (including phenoxy) is 1. The molecule has 0 saturated carbocycles. The van der Waals surface area contributed by atoms with Crippen LogP contribution in [0.3, 0.4) is 0 Å². The van der Waals surface area contributed by atoms with Gasteiger partial charge < -0.3 is 23.7 Å². The summed E-state index contributed by atoms with van der Waals surface area (Å²) in [7, 11) is 0. The number of hydrogen-bond acceptors (Lipinski definition) is 8. The second-order valence-electron chi connectivity index (χ2n) is 3.15. The summed E-state index contributed by atoms with van der Waals surface area (Å²) in [5.74, 6) is -4.42. The molecule has 0 amide bonds. The molecule has 0 bridgehead atoms. The molecule has 0 radical (unpaired) electrons. The van der Waals surface area contributed by atoms with Gasteiger partial charge in [-0.05, 0) is 6.92 Å². The molecule has 9 nitrogen and oxygen atoms in total. The molecular formula is C8H11O9S-. The summed E-state index contributed by atoms with van der Waals surface area (Å²) in [5, 5.41) is 18.3. The van der Waals surface area contributed by atoms with Gasteiger partial charge in [-0.15, -0.1) is 0 Å². The van der Waals surface area contributed by atoms with Crippen molar-refractivity contribution in [2.75, 3.05) is 6.61 Å². The number of carbonyl (C=O) groups is 3. The Morgan fingerprint density at radius 3 is 2.17 bits per heavy atom. The molecule has 0 saturated heterocycles. The van der Waals surface area contributed by atoms with Crippen LogP contribution in [-0.2, 0) is 34.7 Å². The summed E-state index contributed by atoms with van der Waals surface area (Å²) in [6.07, 6.45) is -2.20. The third kappa shape index (κ3) is 5.70. The first-order chi connectivity index (χ1) is 8.21. The number of aliphatic carboxylic acids is 1. The van der Waals surface area contributed by atoms with Crippen molar-refractivity contribution in [1.82, 2.24) is 0 Å². The minimum absolute atomic E-state index is 0.0381. The quantitative estimate of drug-likeness (QED) is 0.419. The smallest absolute Gasteiger partial charge is 0.336 e. The average Bonchev–Trinajstić information content (AvgIpc) is 2.15. The van der Waals surface area contributed by atoms with Crippen LogP contribution >= 0.6 is 0 Å². The molecule has 0 aliphatic carbocycles. The van der Waals surface area contributed by atoms with Gasteiger partial charge in [-0.2, -0.15) is 0 Å². The first-order valence-electron chi connectivity index (χ1n) is 4.63. The van der Waals surface area contributed by atoms with Crippen LogP contribution in [0.5, 0.6) is 0 Å². The summed E-state index contributed by atoms with van der Waals surface area (Å²) < 4.78 is 28.1. The number of esters is 1. The Labute approximate surface area is 104 Å². The molecule has 0 aromatic rings. The van der Waals surface area contributed by atoms with Crippen LogP contribution < -0.4 is 0 Å². The summed E-state index contributed by atoms with van der Waals surface area (Å²) in [6.45, 7) is 1.43.